The van der Waals surface area contributed by atoms with E-state index >= 15 is 0 Å². The van der Waals surface area contributed by atoms with Gasteiger partial charge in [0, 0.05) is 69.4 Å². The van der Waals surface area contributed by atoms with Gasteiger partial charge in [0.05, 0.1) is 43.4 Å². The van der Waals surface area contributed by atoms with Crippen LogP contribution in [0.5, 0.6) is 0 Å². The lowest BCUT2D eigenvalue weighted by Crippen LogP contribution is -2.28. The van der Waals surface area contributed by atoms with Gasteiger partial charge in [0.25, 0.3) is 30.4 Å². The number of fused-ring (bicyclic) bond motifs is 8. The Morgan fingerprint density at radius 2 is 0.842 bits per heavy atom. The van der Waals surface area contributed by atoms with E-state index in [0.29, 0.717) is 95.0 Å². The predicted octanol–water partition coefficient (Wildman–Crippen LogP) is 8.34. The summed E-state index contributed by atoms with van der Waals surface area (Å²) in [5.74, 6) is 2.99. The molecule has 2 aliphatic heterocycles. The average Bonchev–Trinajstić information content (AvgIpc) is 4.24. The summed E-state index contributed by atoms with van der Waals surface area (Å²) in [4.78, 5) is 57.5. The van der Waals surface area contributed by atoms with Gasteiger partial charge >= 0.3 is 5.97 Å². The van der Waals surface area contributed by atoms with Gasteiger partial charge < -0.3 is 25.4 Å². The smallest absolute Gasteiger partial charge is 0.327 e. The van der Waals surface area contributed by atoms with Crippen LogP contribution in [0.25, 0.3) is 90.9 Å². The molecule has 2 aliphatic rings. The van der Waals surface area contributed by atoms with Crippen LogP contribution in [0, 0.1) is 5.92 Å². The fraction of sp³-hybridized carbons (Fsp3) is 0.113. The molecular formula is C53H45N7O13S3. The zero-order chi connectivity index (χ0) is 54.1. The van der Waals surface area contributed by atoms with E-state index in [9.17, 15) is 53.3 Å². The molecule has 388 valence electrons. The highest BCUT2D eigenvalue weighted by Gasteiger charge is 2.22. The average molecular weight is 1080 g/mol. The van der Waals surface area contributed by atoms with E-state index in [-0.39, 0.29) is 52.3 Å². The number of aromatic nitrogens is 4. The topological polar surface area (TPSA) is 331 Å². The first-order valence-electron chi connectivity index (χ1n) is 23.1. The number of nitrogens with two attached hydrogens (primary N) is 1. The third kappa shape index (κ3) is 11.4. The van der Waals surface area contributed by atoms with E-state index < -0.39 is 42.2 Å². The fourth-order valence-corrected chi connectivity index (χ4v) is 10.2. The second kappa shape index (κ2) is 21.1. The third-order valence-corrected chi connectivity index (χ3v) is 15.1. The lowest BCUT2D eigenvalue weighted by molar-refractivity contribution is -0.148. The van der Waals surface area contributed by atoms with Gasteiger partial charge in [0.2, 0.25) is 11.8 Å². The summed E-state index contributed by atoms with van der Waals surface area (Å²) in [6.45, 7) is 1.63. The number of hydrogen-bond donors (Lipinski definition) is 8. The van der Waals surface area contributed by atoms with E-state index in [1.165, 1.54) is 72.8 Å². The van der Waals surface area contributed by atoms with Crippen molar-refractivity contribution in [3.63, 3.8) is 0 Å². The SMILES string of the molecule is CC(CCC(=O)NCCC(=O)Nc1ccc(-c2c3nc(c(-c4ccc(S(=O)(=O)O)cc4)c4ccc([nH]4)c(-c4ccc(S(=O)(=O)O)cc4)c4nc(c(-c5ccc(S(=O)(=O)O)cc5)c5ccc2[nH]5)C=C4)C=C3)cc1)C(=O)ON. The normalized spacial score (nSPS) is 12.8. The lowest BCUT2D eigenvalue weighted by Gasteiger charge is -2.10. The fourth-order valence-electron chi connectivity index (χ4n) is 8.73. The number of amides is 2. The largest absolute Gasteiger partial charge is 0.373 e. The Hall–Kier alpha value is -8.42. The monoisotopic (exact) mass is 1080 g/mol. The number of carbonyl (C=O) groups excluding carboxylic acids is 3. The van der Waals surface area contributed by atoms with E-state index in [1.807, 2.05) is 12.1 Å². The minimum Gasteiger partial charge on any atom is -0.373 e. The molecule has 4 aromatic carbocycles. The molecular weight excluding hydrogens is 1040 g/mol. The number of aromatic amines is 2. The second-order valence-corrected chi connectivity index (χ2v) is 21.9. The van der Waals surface area contributed by atoms with Crippen LogP contribution < -0.4 is 16.5 Å². The third-order valence-electron chi connectivity index (χ3n) is 12.5. The first-order valence-corrected chi connectivity index (χ1v) is 27.4. The Balaban J connectivity index is 1.22. The van der Waals surface area contributed by atoms with Crippen molar-refractivity contribution in [1.29, 1.82) is 0 Å². The molecule has 0 radical (unpaired) electrons. The number of H-pyrrole nitrogens is 2. The molecule has 0 aliphatic carbocycles. The number of anilines is 1. The maximum atomic E-state index is 13.0. The Bertz CT molecular complexity index is 3990. The van der Waals surface area contributed by atoms with Crippen molar-refractivity contribution >= 4 is 100 Å². The molecule has 3 aromatic heterocycles. The van der Waals surface area contributed by atoms with Gasteiger partial charge in [0.15, 0.2) is 0 Å². The molecule has 20 nitrogen and oxygen atoms in total. The Morgan fingerprint density at radius 1 is 0.513 bits per heavy atom. The minimum atomic E-state index is -4.56. The molecule has 8 bridgehead atoms. The summed E-state index contributed by atoms with van der Waals surface area (Å²) >= 11 is 0. The summed E-state index contributed by atoms with van der Waals surface area (Å²) in [6, 6.07) is 30.9. The Kier molecular flexibility index (Phi) is 14.5. The van der Waals surface area contributed by atoms with Crippen molar-refractivity contribution in [2.24, 2.45) is 11.8 Å². The van der Waals surface area contributed by atoms with Crippen LogP contribution in [-0.4, -0.2) is 83.2 Å². The number of benzene rings is 4. The lowest BCUT2D eigenvalue weighted by atomic mass is 10.0. The van der Waals surface area contributed by atoms with Crippen molar-refractivity contribution in [3.8, 4) is 44.5 Å². The van der Waals surface area contributed by atoms with Crippen LogP contribution in [-0.2, 0) is 49.6 Å². The van der Waals surface area contributed by atoms with Crippen molar-refractivity contribution in [2.45, 2.75) is 40.9 Å². The number of carbonyl (C=O) groups is 3. The molecule has 23 heteroatoms. The maximum absolute atomic E-state index is 13.0. The van der Waals surface area contributed by atoms with Gasteiger partial charge in [0.1, 0.15) is 0 Å². The molecule has 9 N–H and O–H groups in total. The minimum absolute atomic E-state index is 0.0339. The maximum Gasteiger partial charge on any atom is 0.327 e. The molecule has 0 saturated carbocycles. The zero-order valence-electron chi connectivity index (χ0n) is 39.9. The summed E-state index contributed by atoms with van der Waals surface area (Å²) in [5.41, 5.74) is 8.50. The van der Waals surface area contributed by atoms with E-state index in [2.05, 4.69) is 25.4 Å². The molecule has 0 fully saturated rings. The highest BCUT2D eigenvalue weighted by atomic mass is 32.2. The molecule has 0 spiro atoms. The summed E-state index contributed by atoms with van der Waals surface area (Å²) < 4.78 is 102. The van der Waals surface area contributed by atoms with Crippen LogP contribution in [0.4, 0.5) is 5.69 Å². The van der Waals surface area contributed by atoms with Crippen LogP contribution in [0.15, 0.2) is 136 Å². The van der Waals surface area contributed by atoms with Gasteiger partial charge in [-0.2, -0.15) is 31.2 Å². The van der Waals surface area contributed by atoms with E-state index in [1.54, 1.807) is 67.6 Å². The van der Waals surface area contributed by atoms with Gasteiger partial charge in [-0.05, 0) is 126 Å². The van der Waals surface area contributed by atoms with Crippen molar-refractivity contribution in [1.82, 2.24) is 25.3 Å². The number of rotatable bonds is 15. The van der Waals surface area contributed by atoms with Crippen LogP contribution in [0.2, 0.25) is 0 Å². The molecule has 2 amide bonds. The van der Waals surface area contributed by atoms with Crippen LogP contribution in [0.1, 0.15) is 49.0 Å². The Labute approximate surface area is 434 Å². The molecule has 1 unspecified atom stereocenters. The van der Waals surface area contributed by atoms with Gasteiger partial charge in [-0.25, -0.2) is 9.97 Å². The van der Waals surface area contributed by atoms with E-state index in [0.717, 1.165) is 0 Å². The molecule has 76 heavy (non-hydrogen) atoms. The first kappa shape index (κ1) is 52.4. The summed E-state index contributed by atoms with van der Waals surface area (Å²) in [5, 5.41) is 5.51. The number of nitrogens with zero attached hydrogens (tertiary/aromatic N) is 2. The van der Waals surface area contributed by atoms with Crippen LogP contribution in [0.3, 0.4) is 0 Å². The molecule has 1 atom stereocenters. The number of hydrogen-bond acceptors (Lipinski definition) is 13. The molecule has 7 aromatic rings. The highest BCUT2D eigenvalue weighted by molar-refractivity contribution is 7.86. The van der Waals surface area contributed by atoms with Gasteiger partial charge in [-0.1, -0.05) is 55.5 Å². The zero-order valence-corrected chi connectivity index (χ0v) is 42.3. The molecule has 0 saturated heterocycles. The molecule has 9 rings (SSSR count). The van der Waals surface area contributed by atoms with Crippen LogP contribution >= 0.6 is 0 Å². The van der Waals surface area contributed by atoms with Gasteiger partial charge in [-0.15, -0.1) is 0 Å². The molecule has 5 heterocycles. The van der Waals surface area contributed by atoms with Crippen molar-refractivity contribution < 1.29 is 58.1 Å². The van der Waals surface area contributed by atoms with Gasteiger partial charge in [-0.3, -0.25) is 28.0 Å². The second-order valence-electron chi connectivity index (χ2n) is 17.6. The highest BCUT2D eigenvalue weighted by Crippen LogP contribution is 2.39. The Morgan fingerprint density at radius 3 is 1.16 bits per heavy atom. The standard InChI is InChI=1S/C53H45N7O13S3/c1-30(53(63)73-54)2-27-47(61)55-29-28-48(62)56-35-11-3-31(4-12-35)49-39-19-21-41(57-39)50(32-5-13-36(14-6-32)74(64,65)66)43-23-25-45(59-43)52(34-9-17-38(18-10-34)76(70,71)72)46-26-24-44(60-46)51(42-22-20-40(49)58-42)33-7-15-37(16-8-33)75(67,68)69/h3-26,30,57,60H,2,27-29,54H2,1H3,(H,55,61)(H,56,62)(H,64,65,66)(H,67,68,69)(H,70,71,72). The first-order chi connectivity index (χ1) is 36.1. The summed E-state index contributed by atoms with van der Waals surface area (Å²) in [7, 11) is -13.7. The quantitative estimate of drug-likeness (QED) is 0.0353. The van der Waals surface area contributed by atoms with Crippen molar-refractivity contribution in [2.75, 3.05) is 11.9 Å². The number of nitrogens with one attached hydrogen (secondary N) is 4. The summed E-state index contributed by atoms with van der Waals surface area (Å²) in [6.07, 6.45) is 7.29. The van der Waals surface area contributed by atoms with Crippen molar-refractivity contribution in [3.05, 3.63) is 144 Å². The van der Waals surface area contributed by atoms with E-state index in [4.69, 9.17) is 15.9 Å². The predicted molar refractivity (Wildman–Crippen MR) is 285 cm³/mol.